The van der Waals surface area contributed by atoms with Crippen LogP contribution in [0.4, 0.5) is 0 Å². The van der Waals surface area contributed by atoms with Gasteiger partial charge in [0.2, 0.25) is 0 Å². The fourth-order valence-corrected chi connectivity index (χ4v) is 2.09. The Bertz CT molecular complexity index is 720. The van der Waals surface area contributed by atoms with E-state index in [1.807, 2.05) is 12.1 Å². The van der Waals surface area contributed by atoms with E-state index in [0.29, 0.717) is 11.0 Å². The van der Waals surface area contributed by atoms with Gasteiger partial charge in [-0.1, -0.05) is 24.3 Å². The van der Waals surface area contributed by atoms with Crippen LogP contribution in [-0.2, 0) is 0 Å². The zero-order chi connectivity index (χ0) is 14.3. The van der Waals surface area contributed by atoms with E-state index in [4.69, 9.17) is 0 Å². The van der Waals surface area contributed by atoms with Gasteiger partial charge >= 0.3 is 0 Å². The molecule has 3 aromatic rings. The summed E-state index contributed by atoms with van der Waals surface area (Å²) in [4.78, 5) is 8.36. The second kappa shape index (κ2) is 4.77. The molecule has 2 aromatic heterocycles. The summed E-state index contributed by atoms with van der Waals surface area (Å²) in [6.45, 7) is 0. The Morgan fingerprint density at radius 3 is 1.30 bits per heavy atom. The number of aliphatic hydroxyl groups is 4. The van der Waals surface area contributed by atoms with E-state index in [1.165, 1.54) is 12.1 Å². The van der Waals surface area contributed by atoms with Crippen molar-refractivity contribution in [1.82, 2.24) is 9.97 Å². The van der Waals surface area contributed by atoms with E-state index in [1.54, 1.807) is 12.1 Å². The van der Waals surface area contributed by atoms with Crippen molar-refractivity contribution < 1.29 is 20.4 Å². The van der Waals surface area contributed by atoms with Crippen molar-refractivity contribution in [3.63, 3.8) is 0 Å². The maximum atomic E-state index is 9.19. The van der Waals surface area contributed by atoms with E-state index in [0.717, 1.165) is 10.8 Å². The molecule has 0 aliphatic rings. The van der Waals surface area contributed by atoms with Crippen molar-refractivity contribution in [3.05, 3.63) is 47.8 Å². The highest BCUT2D eigenvalue weighted by molar-refractivity contribution is 6.02. The van der Waals surface area contributed by atoms with Crippen molar-refractivity contribution in [2.24, 2.45) is 0 Å². The molecule has 2 heterocycles. The molecule has 0 saturated carbocycles. The SMILES string of the molecule is OC(O)c1ccc2ccc3ccc(C(O)O)nc3c2n1. The minimum Gasteiger partial charge on any atom is -0.363 e. The number of aliphatic hydroxyl groups excluding tert-OH is 2. The Balaban J connectivity index is 2.36. The largest absolute Gasteiger partial charge is 0.363 e. The van der Waals surface area contributed by atoms with Crippen LogP contribution in [0.25, 0.3) is 21.8 Å². The molecule has 0 spiro atoms. The molecule has 20 heavy (non-hydrogen) atoms. The molecule has 4 N–H and O–H groups in total. The first-order valence-electron chi connectivity index (χ1n) is 5.99. The minimum atomic E-state index is -1.67. The smallest absolute Gasteiger partial charge is 0.196 e. The van der Waals surface area contributed by atoms with Gasteiger partial charge in [0.1, 0.15) is 0 Å². The number of aromatic nitrogens is 2. The number of pyridine rings is 2. The summed E-state index contributed by atoms with van der Waals surface area (Å²) in [7, 11) is 0. The molecule has 102 valence electrons. The third-order valence-electron chi connectivity index (χ3n) is 3.09. The van der Waals surface area contributed by atoms with Crippen molar-refractivity contribution >= 4 is 21.8 Å². The highest BCUT2D eigenvalue weighted by atomic mass is 16.5. The molecular weight excluding hydrogens is 260 g/mol. The Morgan fingerprint density at radius 1 is 0.600 bits per heavy atom. The number of rotatable bonds is 2. The van der Waals surface area contributed by atoms with E-state index in [9.17, 15) is 20.4 Å². The van der Waals surface area contributed by atoms with Crippen LogP contribution < -0.4 is 0 Å². The van der Waals surface area contributed by atoms with Gasteiger partial charge in [0, 0.05) is 10.8 Å². The van der Waals surface area contributed by atoms with Gasteiger partial charge in [-0.2, -0.15) is 0 Å². The average molecular weight is 272 g/mol. The lowest BCUT2D eigenvalue weighted by atomic mass is 10.1. The van der Waals surface area contributed by atoms with E-state index in [-0.39, 0.29) is 11.4 Å². The zero-order valence-corrected chi connectivity index (χ0v) is 10.3. The second-order valence-electron chi connectivity index (χ2n) is 4.43. The standard InChI is InChI=1S/C14H12N2O4/c17-13(18)9-5-3-7-1-2-8-4-6-10(14(19)20)16-12(8)11(7)15-9/h1-6,13-14,17-20H. The summed E-state index contributed by atoms with van der Waals surface area (Å²) >= 11 is 0. The average Bonchev–Trinajstić information content (AvgIpc) is 2.45. The molecule has 0 amide bonds. The zero-order valence-electron chi connectivity index (χ0n) is 10.3. The van der Waals surface area contributed by atoms with Gasteiger partial charge in [0.25, 0.3) is 0 Å². The predicted octanol–water partition coefficient (Wildman–Crippen LogP) is 0.749. The Morgan fingerprint density at radius 2 is 0.950 bits per heavy atom. The lowest BCUT2D eigenvalue weighted by molar-refractivity contribution is -0.0463. The third kappa shape index (κ3) is 2.10. The van der Waals surface area contributed by atoms with Gasteiger partial charge in [0.15, 0.2) is 12.6 Å². The van der Waals surface area contributed by atoms with Crippen LogP contribution in [-0.4, -0.2) is 30.4 Å². The van der Waals surface area contributed by atoms with Crippen LogP contribution in [0, 0.1) is 0 Å². The monoisotopic (exact) mass is 272 g/mol. The van der Waals surface area contributed by atoms with Gasteiger partial charge in [-0.3, -0.25) is 0 Å². The molecular formula is C14H12N2O4. The summed E-state index contributed by atoms with van der Waals surface area (Å²) in [5.74, 6) is 0. The van der Waals surface area contributed by atoms with Gasteiger partial charge in [-0.05, 0) is 12.1 Å². The van der Waals surface area contributed by atoms with Gasteiger partial charge in [0.05, 0.1) is 22.4 Å². The lowest BCUT2D eigenvalue weighted by Gasteiger charge is -2.09. The van der Waals surface area contributed by atoms with Crippen molar-refractivity contribution in [2.75, 3.05) is 0 Å². The second-order valence-corrected chi connectivity index (χ2v) is 4.43. The van der Waals surface area contributed by atoms with Crippen molar-refractivity contribution in [3.8, 4) is 0 Å². The van der Waals surface area contributed by atoms with Crippen LogP contribution in [0.5, 0.6) is 0 Å². The van der Waals surface area contributed by atoms with Crippen LogP contribution in [0.1, 0.15) is 24.0 Å². The highest BCUT2D eigenvalue weighted by Gasteiger charge is 2.11. The molecule has 0 saturated heterocycles. The Labute approximate surface area is 113 Å². The normalized spacial score (nSPS) is 11.9. The minimum absolute atomic E-state index is 0.113. The summed E-state index contributed by atoms with van der Waals surface area (Å²) in [5, 5.41) is 38.3. The molecule has 6 nitrogen and oxygen atoms in total. The topological polar surface area (TPSA) is 107 Å². The molecule has 0 unspecified atom stereocenters. The molecule has 3 rings (SSSR count). The van der Waals surface area contributed by atoms with Gasteiger partial charge in [-0.25, -0.2) is 9.97 Å². The Hall–Kier alpha value is -2.12. The summed E-state index contributed by atoms with van der Waals surface area (Å²) in [6.07, 6.45) is -3.33. The maximum absolute atomic E-state index is 9.19. The molecule has 0 atom stereocenters. The number of hydrogen-bond donors (Lipinski definition) is 4. The van der Waals surface area contributed by atoms with Crippen LogP contribution in [0.2, 0.25) is 0 Å². The molecule has 0 bridgehead atoms. The molecule has 0 aliphatic heterocycles. The molecule has 0 fully saturated rings. The van der Waals surface area contributed by atoms with Crippen LogP contribution in [0.15, 0.2) is 36.4 Å². The maximum Gasteiger partial charge on any atom is 0.196 e. The molecule has 1 aromatic carbocycles. The Kier molecular flexibility index (Phi) is 3.07. The molecule has 0 aliphatic carbocycles. The van der Waals surface area contributed by atoms with E-state index >= 15 is 0 Å². The predicted molar refractivity (Wildman–Crippen MR) is 71.4 cm³/mol. The van der Waals surface area contributed by atoms with Crippen LogP contribution in [0.3, 0.4) is 0 Å². The van der Waals surface area contributed by atoms with Crippen LogP contribution >= 0.6 is 0 Å². The lowest BCUT2D eigenvalue weighted by Crippen LogP contribution is -2.01. The number of nitrogens with zero attached hydrogens (tertiary/aromatic N) is 2. The number of benzene rings is 1. The number of hydrogen-bond acceptors (Lipinski definition) is 6. The quantitative estimate of drug-likeness (QED) is 0.405. The van der Waals surface area contributed by atoms with Crippen molar-refractivity contribution in [1.29, 1.82) is 0 Å². The summed E-state index contributed by atoms with van der Waals surface area (Å²) < 4.78 is 0. The highest BCUT2D eigenvalue weighted by Crippen LogP contribution is 2.25. The summed E-state index contributed by atoms with van der Waals surface area (Å²) in [5.41, 5.74) is 1.19. The summed E-state index contributed by atoms with van der Waals surface area (Å²) in [6, 6.07) is 10.1. The first kappa shape index (κ1) is 12.9. The fraction of sp³-hybridized carbons (Fsp3) is 0.143. The van der Waals surface area contributed by atoms with E-state index in [2.05, 4.69) is 9.97 Å². The fourth-order valence-electron chi connectivity index (χ4n) is 2.09. The first-order chi connectivity index (χ1) is 9.56. The van der Waals surface area contributed by atoms with Crippen molar-refractivity contribution in [2.45, 2.75) is 12.6 Å². The first-order valence-corrected chi connectivity index (χ1v) is 5.99. The molecule has 6 heteroatoms. The van der Waals surface area contributed by atoms with E-state index < -0.39 is 12.6 Å². The third-order valence-corrected chi connectivity index (χ3v) is 3.09. The number of fused-ring (bicyclic) bond motifs is 3. The molecule has 0 radical (unpaired) electrons. The van der Waals surface area contributed by atoms with Gasteiger partial charge < -0.3 is 20.4 Å². The van der Waals surface area contributed by atoms with Gasteiger partial charge in [-0.15, -0.1) is 0 Å².